The van der Waals surface area contributed by atoms with Crippen molar-refractivity contribution in [2.24, 2.45) is 0 Å². The Kier molecular flexibility index (Phi) is 5.31. The van der Waals surface area contributed by atoms with Gasteiger partial charge in [-0.3, -0.25) is 9.59 Å². The lowest BCUT2D eigenvalue weighted by molar-refractivity contribution is 0.0940. The van der Waals surface area contributed by atoms with E-state index in [4.69, 9.17) is 5.11 Å². The van der Waals surface area contributed by atoms with Gasteiger partial charge >= 0.3 is 0 Å². The maximum absolute atomic E-state index is 11.8. The molecule has 17 heavy (non-hydrogen) atoms. The number of aliphatic hydroxyl groups is 1. The number of rotatable bonds is 6. The fraction of sp³-hybridized carbons (Fsp3) is 0.500. The summed E-state index contributed by atoms with van der Waals surface area (Å²) >= 11 is 1.27. The lowest BCUT2D eigenvalue weighted by atomic mass is 10.2. The molecule has 0 spiro atoms. The molecule has 1 rings (SSSR count). The van der Waals surface area contributed by atoms with E-state index < -0.39 is 0 Å². The fourth-order valence-corrected chi connectivity index (χ4v) is 2.25. The molecular formula is C12H17NO3S. The molecule has 1 aromatic rings. The topological polar surface area (TPSA) is 66.4 Å². The van der Waals surface area contributed by atoms with Crippen molar-refractivity contribution >= 4 is 23.0 Å². The minimum absolute atomic E-state index is 0.0255. The first kappa shape index (κ1) is 13.9. The van der Waals surface area contributed by atoms with Crippen LogP contribution in [0.2, 0.25) is 0 Å². The van der Waals surface area contributed by atoms with Gasteiger partial charge in [-0.15, -0.1) is 11.3 Å². The highest BCUT2D eigenvalue weighted by Crippen LogP contribution is 2.15. The summed E-state index contributed by atoms with van der Waals surface area (Å²) in [4.78, 5) is 23.4. The van der Waals surface area contributed by atoms with Crippen LogP contribution in [0.25, 0.3) is 0 Å². The van der Waals surface area contributed by atoms with E-state index in [0.29, 0.717) is 16.9 Å². The molecule has 0 aromatic carbocycles. The van der Waals surface area contributed by atoms with Crippen LogP contribution in [0.1, 0.15) is 46.7 Å². The van der Waals surface area contributed by atoms with Crippen LogP contribution >= 0.6 is 11.3 Å². The van der Waals surface area contributed by atoms with Crippen molar-refractivity contribution in [2.75, 3.05) is 6.61 Å². The fourth-order valence-electron chi connectivity index (χ4n) is 1.40. The Morgan fingerprint density at radius 1 is 1.53 bits per heavy atom. The zero-order valence-corrected chi connectivity index (χ0v) is 10.8. The first-order valence-corrected chi connectivity index (χ1v) is 6.43. The van der Waals surface area contributed by atoms with E-state index in [9.17, 15) is 9.59 Å². The van der Waals surface area contributed by atoms with Crippen LogP contribution in [0.3, 0.4) is 0 Å². The van der Waals surface area contributed by atoms with Gasteiger partial charge in [0.1, 0.15) is 0 Å². The maximum Gasteiger partial charge on any atom is 0.261 e. The third kappa shape index (κ3) is 4.28. The summed E-state index contributed by atoms with van der Waals surface area (Å²) in [6.45, 7) is 3.51. The van der Waals surface area contributed by atoms with E-state index in [1.165, 1.54) is 18.3 Å². The van der Waals surface area contributed by atoms with Gasteiger partial charge in [0.2, 0.25) is 0 Å². The van der Waals surface area contributed by atoms with Crippen LogP contribution < -0.4 is 5.32 Å². The number of thiophene rings is 1. The molecule has 1 amide bonds. The number of Topliss-reactive ketones (excluding diaryl/α,β-unsaturated/α-hetero) is 1. The monoisotopic (exact) mass is 255 g/mol. The molecule has 4 nitrogen and oxygen atoms in total. The van der Waals surface area contributed by atoms with Crippen LogP contribution in [0, 0.1) is 0 Å². The largest absolute Gasteiger partial charge is 0.396 e. The quantitative estimate of drug-likeness (QED) is 0.762. The number of ketones is 1. The highest BCUT2D eigenvalue weighted by atomic mass is 32.1. The lowest BCUT2D eigenvalue weighted by Gasteiger charge is -2.11. The van der Waals surface area contributed by atoms with E-state index in [-0.39, 0.29) is 24.3 Å². The minimum atomic E-state index is -0.159. The van der Waals surface area contributed by atoms with Gasteiger partial charge in [-0.05, 0) is 32.8 Å². The molecule has 1 atom stereocenters. The average Bonchev–Trinajstić information content (AvgIpc) is 2.75. The molecule has 1 aromatic heterocycles. The van der Waals surface area contributed by atoms with Crippen molar-refractivity contribution in [3.8, 4) is 0 Å². The number of hydrogen-bond donors (Lipinski definition) is 2. The van der Waals surface area contributed by atoms with E-state index in [1.807, 2.05) is 6.92 Å². The number of hydrogen-bond acceptors (Lipinski definition) is 4. The Morgan fingerprint density at radius 3 is 2.76 bits per heavy atom. The van der Waals surface area contributed by atoms with E-state index >= 15 is 0 Å². The Morgan fingerprint density at radius 2 is 2.24 bits per heavy atom. The van der Waals surface area contributed by atoms with Gasteiger partial charge in [0.25, 0.3) is 5.91 Å². The first-order chi connectivity index (χ1) is 8.04. The second kappa shape index (κ2) is 6.51. The highest BCUT2D eigenvalue weighted by Gasteiger charge is 2.13. The summed E-state index contributed by atoms with van der Waals surface area (Å²) in [5.74, 6) is -0.193. The second-order valence-electron chi connectivity index (χ2n) is 4.00. The molecule has 0 aliphatic heterocycles. The SMILES string of the molecule is CC(=O)c1csc(C(=O)NC(C)CCCO)c1. The van der Waals surface area contributed by atoms with Gasteiger partial charge in [0.05, 0.1) is 4.88 Å². The van der Waals surface area contributed by atoms with E-state index in [2.05, 4.69) is 5.32 Å². The van der Waals surface area contributed by atoms with Gasteiger partial charge < -0.3 is 10.4 Å². The summed E-state index contributed by atoms with van der Waals surface area (Å²) < 4.78 is 0. The number of carbonyl (C=O) groups excluding carboxylic acids is 2. The number of carbonyl (C=O) groups is 2. The van der Waals surface area contributed by atoms with Crippen LogP contribution in [0.4, 0.5) is 0 Å². The Bertz CT molecular complexity index is 400. The second-order valence-corrected chi connectivity index (χ2v) is 4.91. The van der Waals surface area contributed by atoms with Crippen molar-refractivity contribution in [3.63, 3.8) is 0 Å². The zero-order chi connectivity index (χ0) is 12.8. The van der Waals surface area contributed by atoms with Gasteiger partial charge in [-0.25, -0.2) is 0 Å². The normalized spacial score (nSPS) is 12.2. The summed E-state index contributed by atoms with van der Waals surface area (Å²) in [5, 5.41) is 13.2. The average molecular weight is 255 g/mol. The van der Waals surface area contributed by atoms with Crippen molar-refractivity contribution in [3.05, 3.63) is 21.9 Å². The smallest absolute Gasteiger partial charge is 0.261 e. The zero-order valence-electron chi connectivity index (χ0n) is 10.0. The number of amides is 1. The Balaban J connectivity index is 2.54. The molecule has 2 N–H and O–H groups in total. The van der Waals surface area contributed by atoms with E-state index in [1.54, 1.807) is 11.4 Å². The lowest BCUT2D eigenvalue weighted by Crippen LogP contribution is -2.32. The summed E-state index contributed by atoms with van der Waals surface area (Å²) in [6, 6.07) is 1.64. The number of aliphatic hydroxyl groups excluding tert-OH is 1. The molecule has 1 heterocycles. The summed E-state index contributed by atoms with van der Waals surface area (Å²) in [7, 11) is 0. The molecule has 5 heteroatoms. The number of nitrogens with one attached hydrogen (secondary N) is 1. The molecule has 0 aliphatic rings. The van der Waals surface area contributed by atoms with Crippen LogP contribution in [-0.4, -0.2) is 29.4 Å². The maximum atomic E-state index is 11.8. The third-order valence-electron chi connectivity index (χ3n) is 2.40. The van der Waals surface area contributed by atoms with Gasteiger partial charge in [-0.2, -0.15) is 0 Å². The predicted octanol–water partition coefficient (Wildman–Crippen LogP) is 1.84. The van der Waals surface area contributed by atoms with Crippen LogP contribution in [0.15, 0.2) is 11.4 Å². The molecule has 0 bridgehead atoms. The molecular weight excluding hydrogens is 238 g/mol. The first-order valence-electron chi connectivity index (χ1n) is 5.55. The molecule has 0 fully saturated rings. The van der Waals surface area contributed by atoms with Gasteiger partial charge in [0.15, 0.2) is 5.78 Å². The molecule has 0 radical (unpaired) electrons. The molecule has 94 valence electrons. The molecule has 0 aliphatic carbocycles. The van der Waals surface area contributed by atoms with E-state index in [0.717, 1.165) is 6.42 Å². The Hall–Kier alpha value is -1.20. The van der Waals surface area contributed by atoms with Gasteiger partial charge in [0, 0.05) is 23.6 Å². The van der Waals surface area contributed by atoms with Crippen molar-refractivity contribution in [1.29, 1.82) is 0 Å². The Labute approximate surface area is 105 Å². The van der Waals surface area contributed by atoms with Crippen molar-refractivity contribution in [1.82, 2.24) is 5.32 Å². The predicted molar refractivity (Wildman–Crippen MR) is 67.6 cm³/mol. The van der Waals surface area contributed by atoms with Crippen molar-refractivity contribution < 1.29 is 14.7 Å². The van der Waals surface area contributed by atoms with Crippen LogP contribution in [-0.2, 0) is 0 Å². The molecule has 1 unspecified atom stereocenters. The van der Waals surface area contributed by atoms with Crippen LogP contribution in [0.5, 0.6) is 0 Å². The molecule has 0 saturated heterocycles. The standard InChI is InChI=1S/C12H17NO3S/c1-8(4-3-5-14)13-12(16)11-6-10(7-17-11)9(2)15/h6-8,14H,3-5H2,1-2H3,(H,13,16). The summed E-state index contributed by atoms with van der Waals surface area (Å²) in [5.41, 5.74) is 0.572. The molecule has 0 saturated carbocycles. The van der Waals surface area contributed by atoms with Gasteiger partial charge in [-0.1, -0.05) is 0 Å². The minimum Gasteiger partial charge on any atom is -0.396 e. The third-order valence-corrected chi connectivity index (χ3v) is 3.33. The van der Waals surface area contributed by atoms with Crippen molar-refractivity contribution in [2.45, 2.75) is 32.7 Å². The highest BCUT2D eigenvalue weighted by molar-refractivity contribution is 7.12. The summed E-state index contributed by atoms with van der Waals surface area (Å²) in [6.07, 6.45) is 1.41.